The molecular formula is C25H27N5O6. The fourth-order valence-corrected chi connectivity index (χ4v) is 4.15. The van der Waals surface area contributed by atoms with E-state index in [4.69, 9.17) is 4.74 Å². The summed E-state index contributed by atoms with van der Waals surface area (Å²) in [4.78, 5) is 62.2. The molecule has 1 fully saturated rings. The Morgan fingerprint density at radius 3 is 2.58 bits per heavy atom. The molecule has 0 radical (unpaired) electrons. The standard InChI is InChI=1S/C25H27N5O6/c1-35-19-5-3-4-17-22(19)28-20(29-23(17)32)8-9-21(31)30-12-10-16(11-13-30)27-24(33)18-7-6-15(14-26-18)25(34)36-2/h3-7,14,16H,8-13H2,1-2H3,(H,27,33)(H,28,29,32). The second-order valence-electron chi connectivity index (χ2n) is 8.42. The minimum Gasteiger partial charge on any atom is -0.494 e. The number of methoxy groups -OCH3 is 2. The Bertz CT molecular complexity index is 1330. The number of para-hydroxylation sites is 1. The van der Waals surface area contributed by atoms with Gasteiger partial charge in [0.1, 0.15) is 22.8 Å². The smallest absolute Gasteiger partial charge is 0.339 e. The van der Waals surface area contributed by atoms with Gasteiger partial charge >= 0.3 is 5.97 Å². The average Bonchev–Trinajstić information content (AvgIpc) is 2.91. The van der Waals surface area contributed by atoms with Crippen molar-refractivity contribution in [2.24, 2.45) is 0 Å². The molecule has 0 saturated carbocycles. The monoisotopic (exact) mass is 493 g/mol. The van der Waals surface area contributed by atoms with Gasteiger partial charge in [-0.2, -0.15) is 0 Å². The number of carbonyl (C=O) groups excluding carboxylic acids is 3. The Labute approximate surface area is 206 Å². The summed E-state index contributed by atoms with van der Waals surface area (Å²) in [6, 6.07) is 8.01. The van der Waals surface area contributed by atoms with Gasteiger partial charge in [0.2, 0.25) is 5.91 Å². The molecule has 1 saturated heterocycles. The summed E-state index contributed by atoms with van der Waals surface area (Å²) in [5.74, 6) is 0.0395. The van der Waals surface area contributed by atoms with E-state index in [0.717, 1.165) is 0 Å². The van der Waals surface area contributed by atoms with Gasteiger partial charge in [0.25, 0.3) is 11.5 Å². The molecule has 3 heterocycles. The number of benzene rings is 1. The Hall–Kier alpha value is -4.28. The number of rotatable bonds is 7. The summed E-state index contributed by atoms with van der Waals surface area (Å²) >= 11 is 0. The number of H-pyrrole nitrogens is 1. The predicted octanol–water partition coefficient (Wildman–Crippen LogP) is 1.47. The van der Waals surface area contributed by atoms with Crippen LogP contribution in [0.4, 0.5) is 0 Å². The molecule has 188 valence electrons. The predicted molar refractivity (Wildman–Crippen MR) is 130 cm³/mol. The Balaban J connectivity index is 1.28. The van der Waals surface area contributed by atoms with Gasteiger partial charge in [0, 0.05) is 38.2 Å². The fraction of sp³-hybridized carbons (Fsp3) is 0.360. The lowest BCUT2D eigenvalue weighted by atomic mass is 10.0. The van der Waals surface area contributed by atoms with E-state index in [2.05, 4.69) is 25.0 Å². The van der Waals surface area contributed by atoms with Crippen molar-refractivity contribution in [3.63, 3.8) is 0 Å². The van der Waals surface area contributed by atoms with Crippen LogP contribution in [0.1, 0.15) is 45.9 Å². The van der Waals surface area contributed by atoms with Gasteiger partial charge in [-0.15, -0.1) is 0 Å². The van der Waals surface area contributed by atoms with Crippen molar-refractivity contribution in [1.82, 2.24) is 25.2 Å². The third-order valence-electron chi connectivity index (χ3n) is 6.14. The third kappa shape index (κ3) is 5.51. The van der Waals surface area contributed by atoms with Crippen LogP contribution in [-0.4, -0.2) is 71.0 Å². The van der Waals surface area contributed by atoms with Gasteiger partial charge in [-0.3, -0.25) is 19.4 Å². The Morgan fingerprint density at radius 2 is 1.92 bits per heavy atom. The highest BCUT2D eigenvalue weighted by Gasteiger charge is 2.24. The largest absolute Gasteiger partial charge is 0.494 e. The number of carbonyl (C=O) groups is 3. The second kappa shape index (κ2) is 11.0. The molecular weight excluding hydrogens is 466 g/mol. The molecule has 0 atom stereocenters. The van der Waals surface area contributed by atoms with E-state index in [1.807, 2.05) is 0 Å². The van der Waals surface area contributed by atoms with Crippen molar-refractivity contribution in [2.45, 2.75) is 31.7 Å². The first-order chi connectivity index (χ1) is 17.4. The number of nitrogens with one attached hydrogen (secondary N) is 2. The van der Waals surface area contributed by atoms with Crippen LogP contribution in [-0.2, 0) is 16.0 Å². The van der Waals surface area contributed by atoms with Gasteiger partial charge in [0.15, 0.2) is 0 Å². The van der Waals surface area contributed by atoms with Crippen LogP contribution in [0.3, 0.4) is 0 Å². The molecule has 11 heteroatoms. The van der Waals surface area contributed by atoms with Crippen molar-refractivity contribution >= 4 is 28.7 Å². The molecule has 11 nitrogen and oxygen atoms in total. The number of amides is 2. The summed E-state index contributed by atoms with van der Waals surface area (Å²) in [6.45, 7) is 1.02. The highest BCUT2D eigenvalue weighted by molar-refractivity contribution is 5.94. The first-order valence-corrected chi connectivity index (χ1v) is 11.6. The van der Waals surface area contributed by atoms with Gasteiger partial charge in [-0.25, -0.2) is 9.78 Å². The quantitative estimate of drug-likeness (QED) is 0.471. The molecule has 1 aliphatic heterocycles. The summed E-state index contributed by atoms with van der Waals surface area (Å²) in [6.07, 6.45) is 3.03. The molecule has 0 spiro atoms. The van der Waals surface area contributed by atoms with Crippen molar-refractivity contribution in [2.75, 3.05) is 27.3 Å². The van der Waals surface area contributed by atoms with Crippen LogP contribution in [0, 0.1) is 0 Å². The van der Waals surface area contributed by atoms with Crippen LogP contribution in [0.25, 0.3) is 10.9 Å². The number of aryl methyl sites for hydroxylation is 1. The Kier molecular flexibility index (Phi) is 7.57. The number of esters is 1. The molecule has 2 N–H and O–H groups in total. The topological polar surface area (TPSA) is 144 Å². The first-order valence-electron chi connectivity index (χ1n) is 11.6. The second-order valence-corrected chi connectivity index (χ2v) is 8.42. The number of fused-ring (bicyclic) bond motifs is 1. The van der Waals surface area contributed by atoms with Crippen LogP contribution < -0.4 is 15.6 Å². The van der Waals surface area contributed by atoms with Crippen LogP contribution in [0.5, 0.6) is 5.75 Å². The number of aromatic nitrogens is 3. The van der Waals surface area contributed by atoms with E-state index in [9.17, 15) is 19.2 Å². The van der Waals surface area contributed by atoms with E-state index in [1.54, 1.807) is 23.1 Å². The number of ether oxygens (including phenoxy) is 2. The van der Waals surface area contributed by atoms with Gasteiger partial charge in [-0.05, 0) is 37.1 Å². The maximum Gasteiger partial charge on any atom is 0.339 e. The van der Waals surface area contributed by atoms with Gasteiger partial charge < -0.3 is 24.7 Å². The molecule has 2 amide bonds. The zero-order valence-corrected chi connectivity index (χ0v) is 20.1. The van der Waals surface area contributed by atoms with Crippen LogP contribution >= 0.6 is 0 Å². The maximum absolute atomic E-state index is 12.8. The van der Waals surface area contributed by atoms with Crippen molar-refractivity contribution in [3.8, 4) is 5.75 Å². The first kappa shape index (κ1) is 24.8. The molecule has 1 aromatic carbocycles. The van der Waals surface area contributed by atoms with E-state index >= 15 is 0 Å². The van der Waals surface area contributed by atoms with Crippen molar-refractivity contribution < 1.29 is 23.9 Å². The number of aromatic amines is 1. The van der Waals surface area contributed by atoms with Crippen LogP contribution in [0.2, 0.25) is 0 Å². The number of nitrogens with zero attached hydrogens (tertiary/aromatic N) is 3. The highest BCUT2D eigenvalue weighted by Crippen LogP contribution is 2.21. The molecule has 1 aliphatic rings. The number of piperidine rings is 1. The summed E-state index contributed by atoms with van der Waals surface area (Å²) < 4.78 is 9.93. The van der Waals surface area contributed by atoms with E-state index < -0.39 is 5.97 Å². The molecule has 2 aromatic heterocycles. The average molecular weight is 494 g/mol. The van der Waals surface area contributed by atoms with Gasteiger partial charge in [0.05, 0.1) is 25.2 Å². The Morgan fingerprint density at radius 1 is 1.14 bits per heavy atom. The molecule has 0 aliphatic carbocycles. The number of likely N-dealkylation sites (tertiary alicyclic amines) is 1. The van der Waals surface area contributed by atoms with E-state index in [1.165, 1.54) is 32.5 Å². The van der Waals surface area contributed by atoms with E-state index in [0.29, 0.717) is 54.8 Å². The lowest BCUT2D eigenvalue weighted by Gasteiger charge is -2.32. The summed E-state index contributed by atoms with van der Waals surface area (Å²) in [5, 5.41) is 3.37. The zero-order chi connectivity index (χ0) is 25.7. The lowest BCUT2D eigenvalue weighted by molar-refractivity contribution is -0.132. The summed E-state index contributed by atoms with van der Waals surface area (Å²) in [7, 11) is 2.79. The van der Waals surface area contributed by atoms with Gasteiger partial charge in [-0.1, -0.05) is 6.07 Å². The van der Waals surface area contributed by atoms with E-state index in [-0.39, 0.29) is 41.1 Å². The summed E-state index contributed by atoms with van der Waals surface area (Å²) in [5.41, 5.74) is 0.669. The van der Waals surface area contributed by atoms with Crippen molar-refractivity contribution in [3.05, 3.63) is 64.0 Å². The molecule has 36 heavy (non-hydrogen) atoms. The zero-order valence-electron chi connectivity index (χ0n) is 20.1. The fourth-order valence-electron chi connectivity index (χ4n) is 4.15. The maximum atomic E-state index is 12.8. The third-order valence-corrected chi connectivity index (χ3v) is 6.14. The minimum atomic E-state index is -0.519. The molecule has 0 unspecified atom stereocenters. The number of hydrogen-bond donors (Lipinski definition) is 2. The SMILES string of the molecule is COC(=O)c1ccc(C(=O)NC2CCN(C(=O)CCc3nc4c(OC)cccc4c(=O)[nH]3)CC2)nc1. The number of pyridine rings is 1. The molecule has 4 rings (SSSR count). The minimum absolute atomic E-state index is 0.0392. The molecule has 0 bridgehead atoms. The normalized spacial score (nSPS) is 13.9. The lowest BCUT2D eigenvalue weighted by Crippen LogP contribution is -2.46. The van der Waals surface area contributed by atoms with Crippen LogP contribution in [0.15, 0.2) is 41.3 Å². The van der Waals surface area contributed by atoms with Crippen molar-refractivity contribution in [1.29, 1.82) is 0 Å². The highest BCUT2D eigenvalue weighted by atomic mass is 16.5. The molecule has 3 aromatic rings. The number of hydrogen-bond acceptors (Lipinski definition) is 8.